The fraction of sp³-hybridized carbons (Fsp3) is 0.810. The van der Waals surface area contributed by atoms with Crippen molar-refractivity contribution in [3.8, 4) is 0 Å². The molecule has 0 spiro atoms. The molecule has 168 valence electrons. The van der Waals surface area contributed by atoms with Crippen molar-refractivity contribution >= 4 is 11.9 Å². The van der Waals surface area contributed by atoms with Crippen LogP contribution in [0.5, 0.6) is 0 Å². The second-order valence-electron chi connectivity index (χ2n) is 9.54. The maximum Gasteiger partial charge on any atom is 0.342 e. The molecule has 0 amide bonds. The van der Waals surface area contributed by atoms with Crippen LogP contribution in [-0.4, -0.2) is 76.8 Å². The monoisotopic (exact) mass is 426 g/mol. The molecule has 3 aliphatic heterocycles. The number of aliphatic hydroxyl groups excluding tert-OH is 2. The van der Waals surface area contributed by atoms with Crippen LogP contribution in [-0.2, 0) is 28.5 Å². The van der Waals surface area contributed by atoms with E-state index in [0.29, 0.717) is 5.57 Å². The summed E-state index contributed by atoms with van der Waals surface area (Å²) in [5.74, 6) is -3.12. The van der Waals surface area contributed by atoms with Gasteiger partial charge in [0.05, 0.1) is 31.3 Å². The Morgan fingerprint density at radius 2 is 2.03 bits per heavy atom. The van der Waals surface area contributed by atoms with Crippen LogP contribution >= 0.6 is 0 Å². The number of methoxy groups -OCH3 is 1. The van der Waals surface area contributed by atoms with Gasteiger partial charge < -0.3 is 34.3 Å². The minimum Gasteiger partial charge on any atom is -0.467 e. The Bertz CT molecular complexity index is 810. The lowest BCUT2D eigenvalue weighted by molar-refractivity contribution is -0.246. The van der Waals surface area contributed by atoms with Gasteiger partial charge in [0, 0.05) is 17.3 Å². The van der Waals surface area contributed by atoms with Gasteiger partial charge in [0.1, 0.15) is 5.60 Å². The van der Waals surface area contributed by atoms with E-state index in [-0.39, 0.29) is 13.0 Å². The van der Waals surface area contributed by atoms with Crippen molar-refractivity contribution in [2.75, 3.05) is 13.7 Å². The Morgan fingerprint density at radius 3 is 2.57 bits per heavy atom. The summed E-state index contributed by atoms with van der Waals surface area (Å²) in [6, 6.07) is 0. The highest BCUT2D eigenvalue weighted by atomic mass is 16.7. The van der Waals surface area contributed by atoms with Gasteiger partial charge in [0.15, 0.2) is 6.10 Å². The zero-order chi connectivity index (χ0) is 22.4. The second-order valence-corrected chi connectivity index (χ2v) is 9.54. The summed E-state index contributed by atoms with van der Waals surface area (Å²) in [7, 11) is 1.19. The summed E-state index contributed by atoms with van der Waals surface area (Å²) in [4.78, 5) is 25.9. The van der Waals surface area contributed by atoms with Gasteiger partial charge in [-0.3, -0.25) is 0 Å². The Balaban J connectivity index is 2.06. The Morgan fingerprint density at radius 1 is 1.40 bits per heavy atom. The van der Waals surface area contributed by atoms with Crippen molar-refractivity contribution in [1.29, 1.82) is 0 Å². The fourth-order valence-electron chi connectivity index (χ4n) is 7.18. The fourth-order valence-corrected chi connectivity index (χ4v) is 7.18. The molecule has 0 aromatic carbocycles. The largest absolute Gasteiger partial charge is 0.467 e. The van der Waals surface area contributed by atoms with Crippen LogP contribution < -0.4 is 0 Å². The molecule has 9 nitrogen and oxygen atoms in total. The number of carbonyl (C=O) groups is 2. The summed E-state index contributed by atoms with van der Waals surface area (Å²) in [5.41, 5.74) is -6.27. The van der Waals surface area contributed by atoms with Crippen molar-refractivity contribution < 1.29 is 43.9 Å². The van der Waals surface area contributed by atoms with E-state index >= 15 is 0 Å². The van der Waals surface area contributed by atoms with Crippen molar-refractivity contribution in [1.82, 2.24) is 0 Å². The molecule has 0 radical (unpaired) electrons. The maximum atomic E-state index is 13.4. The van der Waals surface area contributed by atoms with E-state index < -0.39 is 70.4 Å². The lowest BCUT2D eigenvalue weighted by atomic mass is 9.49. The summed E-state index contributed by atoms with van der Waals surface area (Å²) in [5, 5.41) is 33.8. The van der Waals surface area contributed by atoms with Gasteiger partial charge in [-0.2, -0.15) is 0 Å². The normalized spacial score (nSPS) is 51.0. The minimum atomic E-state index is -1.98. The summed E-state index contributed by atoms with van der Waals surface area (Å²) in [6.07, 6.45) is -4.87. The zero-order valence-electron chi connectivity index (χ0n) is 17.9. The number of rotatable bonds is 4. The molecule has 0 bridgehead atoms. The van der Waals surface area contributed by atoms with Crippen molar-refractivity contribution in [2.24, 2.45) is 22.7 Å². The van der Waals surface area contributed by atoms with E-state index in [1.165, 1.54) is 14.0 Å². The van der Waals surface area contributed by atoms with Crippen molar-refractivity contribution in [3.05, 3.63) is 12.2 Å². The molecule has 0 aromatic rings. The van der Waals surface area contributed by atoms with E-state index in [1.807, 2.05) is 0 Å². The van der Waals surface area contributed by atoms with Crippen LogP contribution in [0.4, 0.5) is 0 Å². The smallest absolute Gasteiger partial charge is 0.342 e. The van der Waals surface area contributed by atoms with Gasteiger partial charge in [0.25, 0.3) is 0 Å². The van der Waals surface area contributed by atoms with Gasteiger partial charge >= 0.3 is 11.9 Å². The Labute approximate surface area is 174 Å². The molecule has 3 heterocycles. The SMILES string of the molecule is C=C(C)[C@H]([C@H](C)O)C12C(OC(=O)[C@@H]1O)OC1(C(=O)OC)C2(C)CC2OC[C@@H](C)[C@@]21O. The van der Waals surface area contributed by atoms with E-state index in [2.05, 4.69) is 6.58 Å². The Hall–Kier alpha value is -1.52. The maximum absolute atomic E-state index is 13.4. The molecular weight excluding hydrogens is 396 g/mol. The molecule has 9 heteroatoms. The zero-order valence-corrected chi connectivity index (χ0v) is 17.9. The Kier molecular flexibility index (Phi) is 4.53. The van der Waals surface area contributed by atoms with Gasteiger partial charge in [-0.25, -0.2) is 9.59 Å². The third-order valence-electron chi connectivity index (χ3n) is 8.25. The lowest BCUT2D eigenvalue weighted by Gasteiger charge is -2.51. The van der Waals surface area contributed by atoms with Crippen LogP contribution in [0, 0.1) is 22.7 Å². The summed E-state index contributed by atoms with van der Waals surface area (Å²) in [6.45, 7) is 10.8. The topological polar surface area (TPSA) is 132 Å². The quantitative estimate of drug-likeness (QED) is 0.417. The highest BCUT2D eigenvalue weighted by molar-refractivity contribution is 5.87. The third-order valence-corrected chi connectivity index (χ3v) is 8.25. The van der Waals surface area contributed by atoms with E-state index in [9.17, 15) is 24.9 Å². The number of esters is 2. The molecule has 30 heavy (non-hydrogen) atoms. The van der Waals surface area contributed by atoms with Crippen LogP contribution in [0.1, 0.15) is 34.1 Å². The van der Waals surface area contributed by atoms with E-state index in [4.69, 9.17) is 18.9 Å². The van der Waals surface area contributed by atoms with Crippen molar-refractivity contribution in [3.63, 3.8) is 0 Å². The average Bonchev–Trinajstić information content (AvgIpc) is 3.22. The van der Waals surface area contributed by atoms with E-state index in [0.717, 1.165) is 0 Å². The first-order valence-corrected chi connectivity index (χ1v) is 10.2. The molecule has 0 aromatic heterocycles. The van der Waals surface area contributed by atoms with Gasteiger partial charge in [0.2, 0.25) is 11.9 Å². The molecular formula is C21H30O9. The average molecular weight is 426 g/mol. The molecule has 4 aliphatic rings. The first-order chi connectivity index (χ1) is 13.9. The number of ether oxygens (including phenoxy) is 4. The predicted octanol–water partition coefficient (Wildman–Crippen LogP) is -0.0923. The third kappa shape index (κ3) is 1.93. The van der Waals surface area contributed by atoms with Crippen LogP contribution in [0.25, 0.3) is 0 Å². The number of aliphatic hydroxyl groups is 3. The van der Waals surface area contributed by atoms with Crippen LogP contribution in [0.15, 0.2) is 12.2 Å². The minimum absolute atomic E-state index is 0.0869. The first kappa shape index (κ1) is 21.7. The summed E-state index contributed by atoms with van der Waals surface area (Å²) < 4.78 is 22.6. The summed E-state index contributed by atoms with van der Waals surface area (Å²) >= 11 is 0. The van der Waals surface area contributed by atoms with Crippen molar-refractivity contribution in [2.45, 2.75) is 69.9 Å². The predicted molar refractivity (Wildman–Crippen MR) is 101 cm³/mol. The molecule has 10 atom stereocenters. The van der Waals surface area contributed by atoms with Crippen LogP contribution in [0.3, 0.4) is 0 Å². The lowest BCUT2D eigenvalue weighted by Crippen LogP contribution is -2.69. The van der Waals surface area contributed by atoms with Gasteiger partial charge in [-0.05, 0) is 20.3 Å². The highest BCUT2D eigenvalue weighted by Crippen LogP contribution is 2.76. The number of carbonyl (C=O) groups excluding carboxylic acids is 2. The molecule has 1 saturated carbocycles. The first-order valence-electron chi connectivity index (χ1n) is 10.2. The molecule has 1 aliphatic carbocycles. The molecule has 3 saturated heterocycles. The van der Waals surface area contributed by atoms with Gasteiger partial charge in [-0.1, -0.05) is 26.0 Å². The second kappa shape index (κ2) is 6.26. The number of hydrogen-bond acceptors (Lipinski definition) is 9. The number of fused-ring (bicyclic) bond motifs is 5. The van der Waals surface area contributed by atoms with E-state index in [1.54, 1.807) is 20.8 Å². The molecule has 5 unspecified atom stereocenters. The van der Waals surface area contributed by atoms with Gasteiger partial charge in [-0.15, -0.1) is 0 Å². The molecule has 4 rings (SSSR count). The standard InChI is InChI=1S/C21H30O9/c1-9(2)13(11(4)22)19-14(23)15(24)29-17(19)30-21(16(25)27-6)18(19,5)7-12-20(21,26)10(3)8-28-12/h10-14,17,22-23,26H,1,7-8H2,2-6H3/t10-,11+,12?,13-,14+,17?,18?,19?,20-,21?/m1/s1. The number of hydrogen-bond donors (Lipinski definition) is 3. The molecule has 4 fully saturated rings. The molecule has 3 N–H and O–H groups in total. The highest BCUT2D eigenvalue weighted by Gasteiger charge is 2.92. The van der Waals surface area contributed by atoms with Crippen LogP contribution in [0.2, 0.25) is 0 Å².